The van der Waals surface area contributed by atoms with E-state index in [0.717, 1.165) is 23.6 Å². The minimum Gasteiger partial charge on any atom is -0.469 e. The first-order valence-corrected chi connectivity index (χ1v) is 5.55. The minimum atomic E-state index is 0.405. The van der Waals surface area contributed by atoms with Crippen LogP contribution in [0, 0.1) is 6.92 Å². The molecule has 0 aliphatic carbocycles. The average Bonchev–Trinajstić information content (AvgIpc) is 2.79. The third-order valence-corrected chi connectivity index (χ3v) is 2.31. The lowest BCUT2D eigenvalue weighted by Gasteiger charge is -2.07. The molecule has 2 rings (SSSR count). The van der Waals surface area contributed by atoms with Gasteiger partial charge in [0.05, 0.1) is 6.26 Å². The van der Waals surface area contributed by atoms with Crippen molar-refractivity contribution in [3.05, 3.63) is 47.5 Å². The van der Waals surface area contributed by atoms with Crippen LogP contribution in [0.3, 0.4) is 0 Å². The molecule has 4 heteroatoms. The molecule has 1 N–H and O–H groups in total. The molecule has 0 saturated carbocycles. The second-order valence-corrected chi connectivity index (χ2v) is 3.85. The molecular formula is C13H16N2O2. The van der Waals surface area contributed by atoms with Gasteiger partial charge in [0, 0.05) is 18.3 Å². The Morgan fingerprint density at radius 2 is 2.29 bits per heavy atom. The van der Waals surface area contributed by atoms with Crippen molar-refractivity contribution in [1.82, 2.24) is 10.3 Å². The molecular weight excluding hydrogens is 216 g/mol. The summed E-state index contributed by atoms with van der Waals surface area (Å²) in [4.78, 5) is 4.32. The van der Waals surface area contributed by atoms with Crippen molar-refractivity contribution in [3.63, 3.8) is 0 Å². The zero-order valence-corrected chi connectivity index (χ0v) is 10.1. The Bertz CT molecular complexity index is 466. The van der Waals surface area contributed by atoms with E-state index in [-0.39, 0.29) is 0 Å². The number of hydrogen-bond acceptors (Lipinski definition) is 4. The lowest BCUT2D eigenvalue weighted by atomic mass is 10.2. The van der Waals surface area contributed by atoms with E-state index in [0.29, 0.717) is 12.5 Å². The highest BCUT2D eigenvalue weighted by Crippen LogP contribution is 2.14. The van der Waals surface area contributed by atoms with Crippen LogP contribution in [0.2, 0.25) is 0 Å². The quantitative estimate of drug-likeness (QED) is 0.859. The van der Waals surface area contributed by atoms with Crippen molar-refractivity contribution in [2.45, 2.75) is 20.1 Å². The van der Waals surface area contributed by atoms with Crippen LogP contribution < -0.4 is 10.1 Å². The summed E-state index contributed by atoms with van der Waals surface area (Å²) in [6.07, 6.45) is 1.63. The summed E-state index contributed by atoms with van der Waals surface area (Å²) in [5.41, 5.74) is 2.11. The SMILES string of the molecule is CNCc1cc(C)nc(OCc2ccco2)c1. The molecule has 0 spiro atoms. The van der Waals surface area contributed by atoms with Gasteiger partial charge in [-0.1, -0.05) is 0 Å². The molecule has 0 saturated heterocycles. The van der Waals surface area contributed by atoms with Gasteiger partial charge in [0.15, 0.2) is 0 Å². The fraction of sp³-hybridized carbons (Fsp3) is 0.308. The van der Waals surface area contributed by atoms with Crippen molar-refractivity contribution in [2.24, 2.45) is 0 Å². The molecule has 0 fully saturated rings. The van der Waals surface area contributed by atoms with E-state index in [9.17, 15) is 0 Å². The van der Waals surface area contributed by atoms with E-state index in [2.05, 4.69) is 10.3 Å². The van der Waals surface area contributed by atoms with Crippen LogP contribution in [0.5, 0.6) is 5.88 Å². The van der Waals surface area contributed by atoms with Crippen LogP contribution in [0.4, 0.5) is 0 Å². The maximum absolute atomic E-state index is 5.59. The van der Waals surface area contributed by atoms with Crippen molar-refractivity contribution in [2.75, 3.05) is 7.05 Å². The van der Waals surface area contributed by atoms with Crippen molar-refractivity contribution < 1.29 is 9.15 Å². The lowest BCUT2D eigenvalue weighted by molar-refractivity contribution is 0.260. The van der Waals surface area contributed by atoms with Crippen molar-refractivity contribution in [1.29, 1.82) is 0 Å². The molecule has 4 nitrogen and oxygen atoms in total. The number of aromatic nitrogens is 1. The fourth-order valence-electron chi connectivity index (χ4n) is 1.63. The van der Waals surface area contributed by atoms with Gasteiger partial charge in [0.25, 0.3) is 0 Å². The number of rotatable bonds is 5. The summed E-state index contributed by atoms with van der Waals surface area (Å²) in [7, 11) is 1.92. The Hall–Kier alpha value is -1.81. The Morgan fingerprint density at radius 1 is 1.41 bits per heavy atom. The predicted molar refractivity (Wildman–Crippen MR) is 64.8 cm³/mol. The van der Waals surface area contributed by atoms with Crippen LogP contribution in [0.25, 0.3) is 0 Å². The van der Waals surface area contributed by atoms with Crippen LogP contribution in [-0.4, -0.2) is 12.0 Å². The molecule has 17 heavy (non-hydrogen) atoms. The number of nitrogens with one attached hydrogen (secondary N) is 1. The molecule has 0 aliphatic heterocycles. The van der Waals surface area contributed by atoms with Crippen LogP contribution >= 0.6 is 0 Å². The number of hydrogen-bond donors (Lipinski definition) is 1. The first kappa shape index (κ1) is 11.7. The Kier molecular flexibility index (Phi) is 3.77. The maximum atomic E-state index is 5.59. The number of furan rings is 1. The summed E-state index contributed by atoms with van der Waals surface area (Å²) in [6, 6.07) is 7.70. The molecule has 0 aliphatic rings. The monoisotopic (exact) mass is 232 g/mol. The second kappa shape index (κ2) is 5.50. The van der Waals surface area contributed by atoms with Gasteiger partial charge in [-0.05, 0) is 37.7 Å². The third kappa shape index (κ3) is 3.32. The number of aryl methyl sites for hydroxylation is 1. The molecule has 0 unspecified atom stereocenters. The number of pyridine rings is 1. The normalized spacial score (nSPS) is 10.5. The molecule has 0 atom stereocenters. The van der Waals surface area contributed by atoms with Gasteiger partial charge >= 0.3 is 0 Å². The number of ether oxygens (including phenoxy) is 1. The molecule has 0 aromatic carbocycles. The largest absolute Gasteiger partial charge is 0.469 e. The van der Waals surface area contributed by atoms with Gasteiger partial charge in [-0.25, -0.2) is 4.98 Å². The maximum Gasteiger partial charge on any atom is 0.214 e. The fourth-order valence-corrected chi connectivity index (χ4v) is 1.63. The van der Waals surface area contributed by atoms with Gasteiger partial charge in [0.1, 0.15) is 12.4 Å². The highest BCUT2D eigenvalue weighted by Gasteiger charge is 2.02. The molecule has 2 aromatic rings. The predicted octanol–water partition coefficient (Wildman–Crippen LogP) is 2.28. The lowest BCUT2D eigenvalue weighted by Crippen LogP contribution is -2.06. The number of nitrogens with zero attached hydrogens (tertiary/aromatic N) is 1. The van der Waals surface area contributed by atoms with E-state index >= 15 is 0 Å². The standard InChI is InChI=1S/C13H16N2O2/c1-10-6-11(8-14-2)7-13(15-10)17-9-12-4-3-5-16-12/h3-7,14H,8-9H2,1-2H3. The summed E-state index contributed by atoms with van der Waals surface area (Å²) in [6.45, 7) is 3.17. The highest BCUT2D eigenvalue weighted by molar-refractivity contribution is 5.24. The Labute approximate surface area is 101 Å². The zero-order chi connectivity index (χ0) is 12.1. The first-order chi connectivity index (χ1) is 8.28. The van der Waals surface area contributed by atoms with E-state index in [1.165, 1.54) is 0 Å². The average molecular weight is 232 g/mol. The first-order valence-electron chi connectivity index (χ1n) is 5.55. The van der Waals surface area contributed by atoms with E-state index in [1.807, 2.05) is 38.2 Å². The van der Waals surface area contributed by atoms with E-state index < -0.39 is 0 Å². The van der Waals surface area contributed by atoms with Gasteiger partial charge in [0.2, 0.25) is 5.88 Å². The van der Waals surface area contributed by atoms with Gasteiger partial charge in [-0.15, -0.1) is 0 Å². The van der Waals surface area contributed by atoms with Crippen molar-refractivity contribution in [3.8, 4) is 5.88 Å². The second-order valence-electron chi connectivity index (χ2n) is 3.85. The molecule has 0 bridgehead atoms. The Morgan fingerprint density at radius 3 is 3.00 bits per heavy atom. The molecule has 0 amide bonds. The van der Waals surface area contributed by atoms with Crippen LogP contribution in [0.1, 0.15) is 17.0 Å². The minimum absolute atomic E-state index is 0.405. The highest BCUT2D eigenvalue weighted by atomic mass is 16.5. The Balaban J connectivity index is 2.04. The van der Waals surface area contributed by atoms with Gasteiger partial charge in [-0.3, -0.25) is 0 Å². The summed E-state index contributed by atoms with van der Waals surface area (Å²) < 4.78 is 10.8. The summed E-state index contributed by atoms with van der Waals surface area (Å²) >= 11 is 0. The topological polar surface area (TPSA) is 47.3 Å². The van der Waals surface area contributed by atoms with Crippen LogP contribution in [0.15, 0.2) is 34.9 Å². The van der Waals surface area contributed by atoms with Gasteiger partial charge in [-0.2, -0.15) is 0 Å². The van der Waals surface area contributed by atoms with E-state index in [1.54, 1.807) is 6.26 Å². The zero-order valence-electron chi connectivity index (χ0n) is 10.1. The van der Waals surface area contributed by atoms with Crippen molar-refractivity contribution >= 4 is 0 Å². The third-order valence-electron chi connectivity index (χ3n) is 2.31. The molecule has 0 radical (unpaired) electrons. The summed E-state index contributed by atoms with van der Waals surface area (Å²) in [5.74, 6) is 1.43. The van der Waals surface area contributed by atoms with Crippen LogP contribution in [-0.2, 0) is 13.2 Å². The molecule has 2 heterocycles. The molecule has 90 valence electrons. The smallest absolute Gasteiger partial charge is 0.214 e. The van der Waals surface area contributed by atoms with Gasteiger partial charge < -0.3 is 14.5 Å². The van der Waals surface area contributed by atoms with E-state index in [4.69, 9.17) is 9.15 Å². The molecule has 2 aromatic heterocycles. The summed E-state index contributed by atoms with van der Waals surface area (Å²) in [5, 5.41) is 3.11.